The highest BCUT2D eigenvalue weighted by Crippen LogP contribution is 2.18. The quantitative estimate of drug-likeness (QED) is 0.618. The number of nitrogens with zero attached hydrogens (tertiary/aromatic N) is 2. The first-order valence-corrected chi connectivity index (χ1v) is 9.96. The van der Waals surface area contributed by atoms with Gasteiger partial charge in [-0.05, 0) is 62.7 Å². The Balaban J connectivity index is 1.56. The topological polar surface area (TPSA) is 93.2 Å². The minimum absolute atomic E-state index is 0.0587. The van der Waals surface area contributed by atoms with E-state index in [4.69, 9.17) is 4.74 Å². The van der Waals surface area contributed by atoms with Crippen molar-refractivity contribution in [1.82, 2.24) is 15.5 Å². The molecule has 3 rings (SSSR count). The van der Waals surface area contributed by atoms with E-state index in [1.807, 2.05) is 45.0 Å². The van der Waals surface area contributed by atoms with Crippen LogP contribution in [0.1, 0.15) is 44.6 Å². The summed E-state index contributed by atoms with van der Waals surface area (Å²) in [5.41, 5.74) is 2.21. The van der Waals surface area contributed by atoms with Crippen LogP contribution in [0.4, 0.5) is 5.69 Å². The number of aryl methyl sites for hydroxylation is 1. The average molecular weight is 410 g/mol. The minimum atomic E-state index is -0.358. The SMILES string of the molecule is Cc1cccc(OCc2nnc(C(=O)Nc3ccc(C(=O)NC(C)C)cc3)s2)c1. The lowest BCUT2D eigenvalue weighted by molar-refractivity contribution is 0.0942. The molecular formula is C21H22N4O3S. The second kappa shape index (κ2) is 9.29. The Morgan fingerprint density at radius 2 is 1.83 bits per heavy atom. The zero-order valence-corrected chi connectivity index (χ0v) is 17.2. The summed E-state index contributed by atoms with van der Waals surface area (Å²) in [5.74, 6) is 0.233. The molecule has 2 aromatic carbocycles. The summed E-state index contributed by atoms with van der Waals surface area (Å²) < 4.78 is 5.69. The molecule has 0 radical (unpaired) electrons. The molecule has 0 saturated heterocycles. The number of rotatable bonds is 7. The molecule has 0 spiro atoms. The highest BCUT2D eigenvalue weighted by Gasteiger charge is 2.14. The molecule has 0 bridgehead atoms. The summed E-state index contributed by atoms with van der Waals surface area (Å²) >= 11 is 1.18. The average Bonchev–Trinajstić information content (AvgIpc) is 3.16. The van der Waals surface area contributed by atoms with Crippen LogP contribution in [0.15, 0.2) is 48.5 Å². The molecule has 2 N–H and O–H groups in total. The molecule has 7 nitrogen and oxygen atoms in total. The van der Waals surface area contributed by atoms with Gasteiger partial charge in [-0.25, -0.2) is 0 Å². The molecule has 150 valence electrons. The van der Waals surface area contributed by atoms with Gasteiger partial charge in [0, 0.05) is 17.3 Å². The zero-order valence-electron chi connectivity index (χ0n) is 16.4. The minimum Gasteiger partial charge on any atom is -0.486 e. The Hall–Kier alpha value is -3.26. The Kier molecular flexibility index (Phi) is 6.56. The van der Waals surface area contributed by atoms with Crippen molar-refractivity contribution in [3.63, 3.8) is 0 Å². The fourth-order valence-electron chi connectivity index (χ4n) is 2.49. The van der Waals surface area contributed by atoms with Crippen LogP contribution in [0.3, 0.4) is 0 Å². The second-order valence-electron chi connectivity index (χ2n) is 6.77. The van der Waals surface area contributed by atoms with Crippen molar-refractivity contribution in [3.05, 3.63) is 69.7 Å². The van der Waals surface area contributed by atoms with Gasteiger partial charge in [-0.15, -0.1) is 10.2 Å². The Labute approximate surface area is 173 Å². The number of anilines is 1. The molecule has 0 aliphatic rings. The monoisotopic (exact) mass is 410 g/mol. The van der Waals surface area contributed by atoms with Gasteiger partial charge in [-0.1, -0.05) is 23.5 Å². The molecule has 1 heterocycles. The largest absolute Gasteiger partial charge is 0.486 e. The van der Waals surface area contributed by atoms with Gasteiger partial charge in [0.2, 0.25) is 5.01 Å². The van der Waals surface area contributed by atoms with Gasteiger partial charge < -0.3 is 15.4 Å². The summed E-state index contributed by atoms with van der Waals surface area (Å²) in [4.78, 5) is 24.4. The first-order chi connectivity index (χ1) is 13.9. The molecule has 3 aromatic rings. The van der Waals surface area contributed by atoms with E-state index in [9.17, 15) is 9.59 Å². The van der Waals surface area contributed by atoms with Gasteiger partial charge in [0.15, 0.2) is 5.01 Å². The van der Waals surface area contributed by atoms with Crippen molar-refractivity contribution in [3.8, 4) is 5.75 Å². The molecule has 8 heteroatoms. The first kappa shape index (κ1) is 20.5. The standard InChI is InChI=1S/C21H22N4O3S/c1-13(2)22-19(26)15-7-9-16(10-8-15)23-20(27)21-25-24-18(29-21)12-28-17-6-4-5-14(3)11-17/h4-11,13H,12H2,1-3H3,(H,22,26)(H,23,27). The van der Waals surface area contributed by atoms with Crippen LogP contribution in [-0.2, 0) is 6.61 Å². The highest BCUT2D eigenvalue weighted by molar-refractivity contribution is 7.13. The molecule has 2 amide bonds. The normalized spacial score (nSPS) is 10.6. The second-order valence-corrected chi connectivity index (χ2v) is 7.83. The van der Waals surface area contributed by atoms with Gasteiger partial charge in [0.1, 0.15) is 12.4 Å². The Morgan fingerprint density at radius 3 is 2.52 bits per heavy atom. The summed E-state index contributed by atoms with van der Waals surface area (Å²) in [6.07, 6.45) is 0. The van der Waals surface area contributed by atoms with Crippen LogP contribution in [0.25, 0.3) is 0 Å². The molecule has 0 saturated carbocycles. The predicted molar refractivity (Wildman–Crippen MR) is 112 cm³/mol. The molecular weight excluding hydrogens is 388 g/mol. The van der Waals surface area contributed by atoms with Gasteiger partial charge in [0.25, 0.3) is 11.8 Å². The van der Waals surface area contributed by atoms with Crippen LogP contribution in [0.2, 0.25) is 0 Å². The number of carbonyl (C=O) groups excluding carboxylic acids is 2. The van der Waals surface area contributed by atoms with Gasteiger partial charge in [-0.3, -0.25) is 9.59 Å². The molecule has 1 aromatic heterocycles. The van der Waals surface area contributed by atoms with Crippen molar-refractivity contribution in [2.24, 2.45) is 0 Å². The maximum Gasteiger partial charge on any atom is 0.286 e. The smallest absolute Gasteiger partial charge is 0.286 e. The number of amides is 2. The van der Waals surface area contributed by atoms with E-state index in [2.05, 4.69) is 20.8 Å². The number of carbonyl (C=O) groups is 2. The Morgan fingerprint density at radius 1 is 1.07 bits per heavy atom. The van der Waals surface area contributed by atoms with Crippen molar-refractivity contribution < 1.29 is 14.3 Å². The number of nitrogens with one attached hydrogen (secondary N) is 2. The molecule has 0 aliphatic carbocycles. The molecule has 0 aliphatic heterocycles. The summed E-state index contributed by atoms with van der Waals surface area (Å²) in [6.45, 7) is 6.03. The van der Waals surface area contributed by atoms with E-state index in [0.29, 0.717) is 16.3 Å². The third-order valence-corrected chi connectivity index (χ3v) is 4.73. The van der Waals surface area contributed by atoms with Gasteiger partial charge >= 0.3 is 0 Å². The van der Waals surface area contributed by atoms with Crippen LogP contribution in [0.5, 0.6) is 5.75 Å². The maximum absolute atomic E-state index is 12.4. The van der Waals surface area contributed by atoms with E-state index in [0.717, 1.165) is 11.3 Å². The van der Waals surface area contributed by atoms with Crippen molar-refractivity contribution in [1.29, 1.82) is 0 Å². The molecule has 0 fully saturated rings. The van der Waals surface area contributed by atoms with Crippen molar-refractivity contribution in [2.45, 2.75) is 33.4 Å². The predicted octanol–water partition coefficient (Wildman–Crippen LogP) is 3.82. The maximum atomic E-state index is 12.4. The van der Waals surface area contributed by atoms with Crippen molar-refractivity contribution >= 4 is 28.8 Å². The molecule has 0 unspecified atom stereocenters. The number of ether oxygens (including phenoxy) is 1. The van der Waals surface area contributed by atoms with E-state index < -0.39 is 0 Å². The summed E-state index contributed by atoms with van der Waals surface area (Å²) in [5, 5.41) is 14.4. The van der Waals surface area contributed by atoms with Gasteiger partial charge in [-0.2, -0.15) is 0 Å². The molecule has 0 atom stereocenters. The van der Waals surface area contributed by atoms with Crippen LogP contribution < -0.4 is 15.4 Å². The number of aromatic nitrogens is 2. The summed E-state index contributed by atoms with van der Waals surface area (Å²) in [6, 6.07) is 14.4. The van der Waals surface area contributed by atoms with E-state index >= 15 is 0 Å². The van der Waals surface area contributed by atoms with Crippen LogP contribution in [-0.4, -0.2) is 28.1 Å². The van der Waals surface area contributed by atoms with Crippen LogP contribution >= 0.6 is 11.3 Å². The Bertz CT molecular complexity index is 999. The number of hydrogen-bond donors (Lipinski definition) is 2. The lowest BCUT2D eigenvalue weighted by Crippen LogP contribution is -2.30. The van der Waals surface area contributed by atoms with Crippen molar-refractivity contribution in [2.75, 3.05) is 5.32 Å². The van der Waals surface area contributed by atoms with Crippen LogP contribution in [0, 0.1) is 6.92 Å². The third kappa shape index (κ3) is 5.86. The zero-order chi connectivity index (χ0) is 20.8. The third-order valence-electron chi connectivity index (χ3n) is 3.84. The fourth-order valence-corrected chi connectivity index (χ4v) is 3.14. The van der Waals surface area contributed by atoms with Gasteiger partial charge in [0.05, 0.1) is 0 Å². The fraction of sp³-hybridized carbons (Fsp3) is 0.238. The summed E-state index contributed by atoms with van der Waals surface area (Å²) in [7, 11) is 0. The first-order valence-electron chi connectivity index (χ1n) is 9.15. The number of hydrogen-bond acceptors (Lipinski definition) is 6. The van der Waals surface area contributed by atoms with E-state index in [1.165, 1.54) is 11.3 Å². The molecule has 29 heavy (non-hydrogen) atoms. The van der Waals surface area contributed by atoms with E-state index in [1.54, 1.807) is 24.3 Å². The highest BCUT2D eigenvalue weighted by atomic mass is 32.1. The number of benzene rings is 2. The lowest BCUT2D eigenvalue weighted by Gasteiger charge is -2.09. The lowest BCUT2D eigenvalue weighted by atomic mass is 10.2. The van der Waals surface area contributed by atoms with E-state index in [-0.39, 0.29) is 29.5 Å².